The molecular formula is C21H32N2O4S. The summed E-state index contributed by atoms with van der Waals surface area (Å²) in [4.78, 5) is 13.8. The molecule has 156 valence electrons. The highest BCUT2D eigenvalue weighted by atomic mass is 32.2. The van der Waals surface area contributed by atoms with Crippen LogP contribution in [0.4, 0.5) is 0 Å². The number of piperidine rings is 1. The molecule has 0 unspecified atom stereocenters. The standard InChI is InChI=1S/C21H32N2O4S/c1-16(24)23-14-6-9-20(22-28(2,25)26)21(23)15-27-19-12-10-18(11-13-19)17-7-4-3-5-8-17/h3-5,7-8,18-22H,6,9-15H2,1-2H3/t18?,19?,20-,21-/m0/s1. The third-order valence-electron chi connectivity index (χ3n) is 6.00. The number of carbonyl (C=O) groups excluding carboxylic acids is 1. The van der Waals surface area contributed by atoms with Crippen LogP contribution in [0.2, 0.25) is 0 Å². The maximum absolute atomic E-state index is 12.1. The second kappa shape index (κ2) is 9.37. The van der Waals surface area contributed by atoms with Gasteiger partial charge in [-0.3, -0.25) is 4.79 Å². The first-order valence-electron chi connectivity index (χ1n) is 10.2. The molecule has 1 amide bonds. The van der Waals surface area contributed by atoms with E-state index >= 15 is 0 Å². The molecule has 0 bridgehead atoms. The second-order valence-electron chi connectivity index (χ2n) is 8.14. The Balaban J connectivity index is 1.57. The molecule has 1 N–H and O–H groups in total. The number of sulfonamides is 1. The summed E-state index contributed by atoms with van der Waals surface area (Å²) in [7, 11) is -3.33. The fourth-order valence-corrected chi connectivity index (χ4v) is 5.41. The van der Waals surface area contributed by atoms with Crippen molar-refractivity contribution in [1.29, 1.82) is 0 Å². The quantitative estimate of drug-likeness (QED) is 0.785. The van der Waals surface area contributed by atoms with Crippen molar-refractivity contribution in [3.63, 3.8) is 0 Å². The van der Waals surface area contributed by atoms with Crippen LogP contribution >= 0.6 is 0 Å². The van der Waals surface area contributed by atoms with Gasteiger partial charge in [0, 0.05) is 19.5 Å². The smallest absolute Gasteiger partial charge is 0.219 e. The Labute approximate surface area is 168 Å². The van der Waals surface area contributed by atoms with Gasteiger partial charge in [-0.1, -0.05) is 30.3 Å². The largest absolute Gasteiger partial charge is 0.376 e. The lowest BCUT2D eigenvalue weighted by Crippen LogP contribution is -2.58. The lowest BCUT2D eigenvalue weighted by molar-refractivity contribution is -0.136. The van der Waals surface area contributed by atoms with Crippen molar-refractivity contribution in [2.24, 2.45) is 0 Å². The Morgan fingerprint density at radius 1 is 1.14 bits per heavy atom. The number of nitrogens with one attached hydrogen (secondary N) is 1. The number of carbonyl (C=O) groups is 1. The Morgan fingerprint density at radius 3 is 2.43 bits per heavy atom. The fraction of sp³-hybridized carbons (Fsp3) is 0.667. The summed E-state index contributed by atoms with van der Waals surface area (Å²) < 4.78 is 32.4. The minimum Gasteiger partial charge on any atom is -0.376 e. The van der Waals surface area contributed by atoms with Crippen molar-refractivity contribution in [1.82, 2.24) is 9.62 Å². The van der Waals surface area contributed by atoms with Crippen LogP contribution in [0.5, 0.6) is 0 Å². The van der Waals surface area contributed by atoms with Crippen LogP contribution in [0.1, 0.15) is 56.9 Å². The molecule has 1 saturated heterocycles. The van der Waals surface area contributed by atoms with Crippen LogP contribution in [-0.2, 0) is 19.6 Å². The van der Waals surface area contributed by atoms with Crippen LogP contribution < -0.4 is 4.72 Å². The highest BCUT2D eigenvalue weighted by Crippen LogP contribution is 2.34. The number of benzene rings is 1. The Hall–Kier alpha value is -1.44. The molecule has 28 heavy (non-hydrogen) atoms. The van der Waals surface area contributed by atoms with E-state index in [-0.39, 0.29) is 24.1 Å². The van der Waals surface area contributed by atoms with Crippen molar-refractivity contribution in [2.75, 3.05) is 19.4 Å². The van der Waals surface area contributed by atoms with Crippen molar-refractivity contribution in [3.8, 4) is 0 Å². The number of rotatable bonds is 6. The van der Waals surface area contributed by atoms with E-state index < -0.39 is 10.0 Å². The second-order valence-corrected chi connectivity index (χ2v) is 9.92. The summed E-state index contributed by atoms with van der Waals surface area (Å²) in [5, 5.41) is 0. The van der Waals surface area contributed by atoms with Crippen molar-refractivity contribution in [2.45, 2.75) is 69.6 Å². The third-order valence-corrected chi connectivity index (χ3v) is 6.73. The molecule has 2 aliphatic rings. The number of nitrogens with zero attached hydrogens (tertiary/aromatic N) is 1. The molecule has 2 atom stereocenters. The van der Waals surface area contributed by atoms with E-state index in [1.54, 1.807) is 11.8 Å². The van der Waals surface area contributed by atoms with Gasteiger partial charge in [-0.25, -0.2) is 13.1 Å². The van der Waals surface area contributed by atoms with E-state index in [4.69, 9.17) is 4.74 Å². The van der Waals surface area contributed by atoms with Crippen molar-refractivity contribution < 1.29 is 17.9 Å². The Bertz CT molecular complexity index is 745. The first-order valence-corrected chi connectivity index (χ1v) is 12.1. The van der Waals surface area contributed by atoms with Crippen LogP contribution in [0.25, 0.3) is 0 Å². The third kappa shape index (κ3) is 5.78. The molecule has 1 aliphatic carbocycles. The topological polar surface area (TPSA) is 75.7 Å². The molecule has 0 spiro atoms. The van der Waals surface area contributed by atoms with Crippen molar-refractivity contribution in [3.05, 3.63) is 35.9 Å². The lowest BCUT2D eigenvalue weighted by Gasteiger charge is -2.41. The van der Waals surface area contributed by atoms with Gasteiger partial charge < -0.3 is 9.64 Å². The molecule has 1 heterocycles. The van der Waals surface area contributed by atoms with Gasteiger partial charge in [0.05, 0.1) is 25.0 Å². The van der Waals surface area contributed by atoms with Gasteiger partial charge in [0.1, 0.15) is 0 Å². The van der Waals surface area contributed by atoms with Crippen LogP contribution in [0.15, 0.2) is 30.3 Å². The zero-order chi connectivity index (χ0) is 20.1. The molecule has 2 fully saturated rings. The zero-order valence-electron chi connectivity index (χ0n) is 16.8. The minimum absolute atomic E-state index is 0.0265. The summed E-state index contributed by atoms with van der Waals surface area (Å²) in [5.74, 6) is 0.561. The summed E-state index contributed by atoms with van der Waals surface area (Å²) in [6, 6.07) is 10.1. The normalized spacial score (nSPS) is 28.9. The van der Waals surface area contributed by atoms with E-state index in [1.165, 1.54) is 11.8 Å². The first-order chi connectivity index (χ1) is 13.3. The van der Waals surface area contributed by atoms with Gasteiger partial charge in [-0.15, -0.1) is 0 Å². The van der Waals surface area contributed by atoms with Crippen LogP contribution in [-0.4, -0.2) is 56.8 Å². The van der Waals surface area contributed by atoms with Crippen LogP contribution in [0.3, 0.4) is 0 Å². The molecule has 1 aromatic rings. The molecule has 0 radical (unpaired) electrons. The highest BCUT2D eigenvalue weighted by molar-refractivity contribution is 7.88. The number of likely N-dealkylation sites (tertiary alicyclic amines) is 1. The monoisotopic (exact) mass is 408 g/mol. The van der Waals surface area contributed by atoms with Gasteiger partial charge in [-0.2, -0.15) is 0 Å². The lowest BCUT2D eigenvalue weighted by atomic mass is 9.83. The fourth-order valence-electron chi connectivity index (χ4n) is 4.59. The minimum atomic E-state index is -3.33. The predicted octanol–water partition coefficient (Wildman–Crippen LogP) is 2.66. The molecule has 7 heteroatoms. The maximum atomic E-state index is 12.1. The van der Waals surface area contributed by atoms with Gasteiger partial charge in [-0.05, 0) is 50.0 Å². The summed E-state index contributed by atoms with van der Waals surface area (Å²) >= 11 is 0. The number of ether oxygens (including phenoxy) is 1. The maximum Gasteiger partial charge on any atom is 0.219 e. The predicted molar refractivity (Wildman–Crippen MR) is 110 cm³/mol. The van der Waals surface area contributed by atoms with E-state index in [1.807, 2.05) is 6.07 Å². The number of hydrogen-bond donors (Lipinski definition) is 1. The van der Waals surface area contributed by atoms with Crippen molar-refractivity contribution >= 4 is 15.9 Å². The molecule has 0 aromatic heterocycles. The Morgan fingerprint density at radius 2 is 1.82 bits per heavy atom. The molecule has 1 aromatic carbocycles. The van der Waals surface area contributed by atoms with Gasteiger partial charge in [0.15, 0.2) is 0 Å². The molecular weight excluding hydrogens is 376 g/mol. The summed E-state index contributed by atoms with van der Waals surface area (Å²) in [6.07, 6.45) is 7.06. The summed E-state index contributed by atoms with van der Waals surface area (Å²) in [6.45, 7) is 2.58. The van der Waals surface area contributed by atoms with Crippen LogP contribution in [0, 0.1) is 0 Å². The Kier molecular flexibility index (Phi) is 7.12. The van der Waals surface area contributed by atoms with E-state index in [0.717, 1.165) is 38.5 Å². The van der Waals surface area contributed by atoms with E-state index in [9.17, 15) is 13.2 Å². The highest BCUT2D eigenvalue weighted by Gasteiger charge is 2.35. The average molecular weight is 409 g/mol. The SMILES string of the molecule is CC(=O)N1CCC[C@H](NS(C)(=O)=O)[C@@H]1COC1CCC(c2ccccc2)CC1. The van der Waals surface area contributed by atoms with E-state index in [0.29, 0.717) is 19.1 Å². The number of amides is 1. The number of hydrogen-bond acceptors (Lipinski definition) is 4. The van der Waals surface area contributed by atoms with E-state index in [2.05, 4.69) is 29.0 Å². The van der Waals surface area contributed by atoms with Gasteiger partial charge in [0.25, 0.3) is 0 Å². The first kappa shape index (κ1) is 21.3. The zero-order valence-corrected chi connectivity index (χ0v) is 17.7. The molecule has 1 saturated carbocycles. The van der Waals surface area contributed by atoms with Gasteiger partial charge in [0.2, 0.25) is 15.9 Å². The molecule has 1 aliphatic heterocycles. The molecule has 6 nitrogen and oxygen atoms in total. The van der Waals surface area contributed by atoms with Gasteiger partial charge >= 0.3 is 0 Å². The average Bonchev–Trinajstić information content (AvgIpc) is 2.66. The molecule has 3 rings (SSSR count). The summed E-state index contributed by atoms with van der Waals surface area (Å²) in [5.41, 5.74) is 1.40.